The maximum Gasteiger partial charge on any atom is 0.347 e. The summed E-state index contributed by atoms with van der Waals surface area (Å²) in [5.74, 6) is -1.19. The van der Waals surface area contributed by atoms with E-state index in [1.165, 1.54) is 0 Å². The van der Waals surface area contributed by atoms with E-state index in [4.69, 9.17) is 25.8 Å². The molecule has 0 unspecified atom stereocenters. The quantitative estimate of drug-likeness (QED) is 0.275. The van der Waals surface area contributed by atoms with Gasteiger partial charge in [-0.15, -0.1) is 11.6 Å². The number of rotatable bonds is 10. The molecule has 0 fully saturated rings. The molecule has 2 aromatic rings. The molecule has 0 radical (unpaired) electrons. The number of carbonyl (C=O) groups is 2. The molecule has 0 spiro atoms. The Morgan fingerprint density at radius 1 is 0.808 bits per heavy atom. The Bertz CT molecular complexity index is 620. The fourth-order valence-corrected chi connectivity index (χ4v) is 2.21. The Morgan fingerprint density at radius 3 is 1.69 bits per heavy atom. The van der Waals surface area contributed by atoms with Crippen LogP contribution >= 0.6 is 11.6 Å². The average molecular weight is 377 g/mol. The SMILES string of the molecule is O=C(OCc1ccccc1)C(OCCCCl)C(=O)OCc1ccccc1. The van der Waals surface area contributed by atoms with E-state index in [1.54, 1.807) is 0 Å². The Hall–Kier alpha value is -2.37. The van der Waals surface area contributed by atoms with Crippen molar-refractivity contribution in [1.82, 2.24) is 0 Å². The van der Waals surface area contributed by atoms with Gasteiger partial charge >= 0.3 is 11.9 Å². The molecular weight excluding hydrogens is 356 g/mol. The molecule has 0 amide bonds. The van der Waals surface area contributed by atoms with Crippen molar-refractivity contribution in [3.05, 3.63) is 71.8 Å². The van der Waals surface area contributed by atoms with Gasteiger partial charge in [0.15, 0.2) is 0 Å². The van der Waals surface area contributed by atoms with Gasteiger partial charge in [0.05, 0.1) is 0 Å². The zero-order valence-electron chi connectivity index (χ0n) is 14.3. The number of alkyl halides is 1. The first-order chi connectivity index (χ1) is 12.7. The third kappa shape index (κ3) is 6.86. The first-order valence-corrected chi connectivity index (χ1v) is 8.83. The fraction of sp³-hybridized carbons (Fsp3) is 0.300. The van der Waals surface area contributed by atoms with Crippen LogP contribution in [0.3, 0.4) is 0 Å². The van der Waals surface area contributed by atoms with Gasteiger partial charge in [0, 0.05) is 12.5 Å². The predicted octanol–water partition coefficient (Wildman–Crippen LogP) is 3.49. The van der Waals surface area contributed by atoms with Gasteiger partial charge in [0.2, 0.25) is 0 Å². The summed E-state index contributed by atoms with van der Waals surface area (Å²) in [5.41, 5.74) is 1.64. The minimum Gasteiger partial charge on any atom is -0.458 e. The second kappa shape index (κ2) is 11.3. The van der Waals surface area contributed by atoms with E-state index < -0.39 is 18.0 Å². The molecule has 0 aliphatic heterocycles. The van der Waals surface area contributed by atoms with Gasteiger partial charge in [-0.1, -0.05) is 60.7 Å². The minimum atomic E-state index is -1.43. The first kappa shape index (κ1) is 19.9. The number of hydrogen-bond donors (Lipinski definition) is 0. The van der Waals surface area contributed by atoms with Crippen molar-refractivity contribution in [1.29, 1.82) is 0 Å². The molecule has 0 aliphatic rings. The second-order valence-corrected chi connectivity index (χ2v) is 5.86. The summed E-state index contributed by atoms with van der Waals surface area (Å²) in [6.07, 6.45) is -0.915. The molecule has 0 saturated carbocycles. The Kier molecular flexibility index (Phi) is 8.66. The van der Waals surface area contributed by atoms with Crippen molar-refractivity contribution in [3.63, 3.8) is 0 Å². The van der Waals surface area contributed by atoms with Gasteiger partial charge < -0.3 is 14.2 Å². The van der Waals surface area contributed by atoms with E-state index >= 15 is 0 Å². The van der Waals surface area contributed by atoms with Crippen LogP contribution in [0.25, 0.3) is 0 Å². The highest BCUT2D eigenvalue weighted by atomic mass is 35.5. The molecule has 0 aromatic heterocycles. The standard InChI is InChI=1S/C20H21ClO5/c21-12-7-13-24-18(19(22)25-14-16-8-3-1-4-9-16)20(23)26-15-17-10-5-2-6-11-17/h1-6,8-11,18H,7,12-15H2. The smallest absolute Gasteiger partial charge is 0.347 e. The molecule has 0 N–H and O–H groups in total. The zero-order chi connectivity index (χ0) is 18.6. The van der Waals surface area contributed by atoms with E-state index in [-0.39, 0.29) is 19.8 Å². The summed E-state index contributed by atoms with van der Waals surface area (Å²) in [4.78, 5) is 24.6. The van der Waals surface area contributed by atoms with Gasteiger partial charge in [-0.25, -0.2) is 9.59 Å². The maximum absolute atomic E-state index is 12.3. The number of benzene rings is 2. The second-order valence-electron chi connectivity index (χ2n) is 5.48. The van der Waals surface area contributed by atoms with E-state index in [1.807, 2.05) is 60.7 Å². The molecule has 0 bridgehead atoms. The van der Waals surface area contributed by atoms with Crippen LogP contribution in [0.5, 0.6) is 0 Å². The van der Waals surface area contributed by atoms with Gasteiger partial charge in [-0.3, -0.25) is 0 Å². The number of esters is 2. The van der Waals surface area contributed by atoms with Gasteiger partial charge in [-0.05, 0) is 17.5 Å². The summed E-state index contributed by atoms with van der Waals surface area (Å²) < 4.78 is 15.7. The lowest BCUT2D eigenvalue weighted by Crippen LogP contribution is -2.36. The van der Waals surface area contributed by atoms with Crippen molar-refractivity contribution in [2.24, 2.45) is 0 Å². The summed E-state index contributed by atoms with van der Waals surface area (Å²) >= 11 is 5.61. The molecule has 6 heteroatoms. The van der Waals surface area contributed by atoms with Crippen LogP contribution in [0.2, 0.25) is 0 Å². The Morgan fingerprint density at radius 2 is 1.27 bits per heavy atom. The van der Waals surface area contributed by atoms with Crippen LogP contribution in [-0.4, -0.2) is 30.5 Å². The molecular formula is C20H21ClO5. The number of hydrogen-bond acceptors (Lipinski definition) is 5. The highest BCUT2D eigenvalue weighted by molar-refractivity contribution is 6.17. The summed E-state index contributed by atoms with van der Waals surface area (Å²) in [7, 11) is 0. The van der Waals surface area contributed by atoms with E-state index in [0.29, 0.717) is 12.3 Å². The molecule has 0 atom stereocenters. The lowest BCUT2D eigenvalue weighted by atomic mass is 10.2. The van der Waals surface area contributed by atoms with Crippen LogP contribution in [0.4, 0.5) is 0 Å². The highest BCUT2D eigenvalue weighted by Crippen LogP contribution is 2.08. The monoisotopic (exact) mass is 376 g/mol. The van der Waals surface area contributed by atoms with Crippen molar-refractivity contribution in [2.45, 2.75) is 25.7 Å². The van der Waals surface area contributed by atoms with Crippen molar-refractivity contribution in [2.75, 3.05) is 12.5 Å². The summed E-state index contributed by atoms with van der Waals surface area (Å²) in [6, 6.07) is 18.4. The topological polar surface area (TPSA) is 61.8 Å². The van der Waals surface area contributed by atoms with Gasteiger partial charge in [-0.2, -0.15) is 0 Å². The van der Waals surface area contributed by atoms with Crippen molar-refractivity contribution >= 4 is 23.5 Å². The maximum atomic E-state index is 12.3. The fourth-order valence-electron chi connectivity index (χ4n) is 2.10. The van der Waals surface area contributed by atoms with Crippen molar-refractivity contribution in [3.8, 4) is 0 Å². The van der Waals surface area contributed by atoms with E-state index in [0.717, 1.165) is 11.1 Å². The number of halogens is 1. The lowest BCUT2D eigenvalue weighted by Gasteiger charge is -2.16. The molecule has 0 aliphatic carbocycles. The number of ether oxygens (including phenoxy) is 3. The number of carbonyl (C=O) groups excluding carboxylic acids is 2. The van der Waals surface area contributed by atoms with Gasteiger partial charge in [0.25, 0.3) is 6.10 Å². The van der Waals surface area contributed by atoms with Crippen LogP contribution in [0.1, 0.15) is 17.5 Å². The van der Waals surface area contributed by atoms with E-state index in [2.05, 4.69) is 0 Å². The predicted molar refractivity (Wildman–Crippen MR) is 97.6 cm³/mol. The average Bonchev–Trinajstić information content (AvgIpc) is 2.69. The lowest BCUT2D eigenvalue weighted by molar-refractivity contribution is -0.175. The largest absolute Gasteiger partial charge is 0.458 e. The van der Waals surface area contributed by atoms with E-state index in [9.17, 15) is 9.59 Å². The van der Waals surface area contributed by atoms with Crippen LogP contribution in [0, 0.1) is 0 Å². The molecule has 2 aromatic carbocycles. The first-order valence-electron chi connectivity index (χ1n) is 8.29. The molecule has 5 nitrogen and oxygen atoms in total. The highest BCUT2D eigenvalue weighted by Gasteiger charge is 2.31. The summed E-state index contributed by atoms with van der Waals surface area (Å²) in [5, 5.41) is 0. The minimum absolute atomic E-state index is 0.0566. The Balaban J connectivity index is 1.92. The third-order valence-corrected chi connectivity index (χ3v) is 3.71. The molecule has 0 saturated heterocycles. The van der Waals surface area contributed by atoms with Crippen LogP contribution < -0.4 is 0 Å². The van der Waals surface area contributed by atoms with Crippen LogP contribution in [0.15, 0.2) is 60.7 Å². The third-order valence-electron chi connectivity index (χ3n) is 3.44. The molecule has 26 heavy (non-hydrogen) atoms. The zero-order valence-corrected chi connectivity index (χ0v) is 15.1. The molecule has 0 heterocycles. The van der Waals surface area contributed by atoms with Crippen LogP contribution in [-0.2, 0) is 37.0 Å². The summed E-state index contributed by atoms with van der Waals surface area (Å²) in [6.45, 7) is 0.275. The molecule has 2 rings (SSSR count). The van der Waals surface area contributed by atoms with Gasteiger partial charge in [0.1, 0.15) is 13.2 Å². The Labute approximate surface area is 157 Å². The normalized spacial score (nSPS) is 10.5. The molecule has 138 valence electrons. The van der Waals surface area contributed by atoms with Crippen molar-refractivity contribution < 1.29 is 23.8 Å².